The molecule has 0 spiro atoms. The topological polar surface area (TPSA) is 149 Å². The van der Waals surface area contributed by atoms with Crippen LogP contribution < -0.4 is 16.0 Å². The Morgan fingerprint density at radius 2 is 1.49 bits per heavy atom. The van der Waals surface area contributed by atoms with Gasteiger partial charge in [-0.2, -0.15) is 0 Å². The lowest BCUT2D eigenvalue weighted by atomic mass is 9.85. The van der Waals surface area contributed by atoms with E-state index in [0.29, 0.717) is 29.2 Å². The van der Waals surface area contributed by atoms with Gasteiger partial charge in [-0.3, -0.25) is 14.4 Å². The SMILES string of the molecule is CCc1c(C)/c2[nH]/c1=C\c1[nH]c3c(c1C)C(=O)[C@H](C(=O)OC)/C3=C1/N/C(=C\c3[nH]c(c(/C=C\O)c3C)\C=2)[C@@H](C)[C@@H]1CCC(=O)OC/C=C(/C)CCC[C@H](C)CCC[C@H](C)CCCC(C)C. The summed E-state index contributed by atoms with van der Waals surface area (Å²) in [6.07, 6.45) is 23.6. The number of aromatic nitrogens is 3. The first-order valence-corrected chi connectivity index (χ1v) is 24.4. The average Bonchev–Trinajstić information content (AvgIpc) is 4.00. The summed E-state index contributed by atoms with van der Waals surface area (Å²) in [5.41, 5.74) is 11.7. The first kappa shape index (κ1) is 49.2. The zero-order valence-electron chi connectivity index (χ0n) is 41.1. The molecule has 5 heterocycles. The van der Waals surface area contributed by atoms with E-state index in [1.807, 2.05) is 26.0 Å². The lowest BCUT2D eigenvalue weighted by Crippen LogP contribution is -2.25. The van der Waals surface area contributed by atoms with Crippen molar-refractivity contribution in [1.82, 2.24) is 20.3 Å². The second kappa shape index (κ2) is 21.8. The van der Waals surface area contributed by atoms with E-state index in [-0.39, 0.29) is 36.6 Å². The second-order valence-corrected chi connectivity index (χ2v) is 19.8. The van der Waals surface area contributed by atoms with Gasteiger partial charge < -0.3 is 34.8 Å². The Bertz CT molecular complexity index is 2480. The number of hydrogen-bond donors (Lipinski definition) is 5. The molecule has 5 atom stereocenters. The zero-order chi connectivity index (χ0) is 47.1. The molecule has 2 aliphatic heterocycles. The number of aliphatic hydroxyl groups excluding tert-OH is 1. The molecule has 3 aromatic heterocycles. The van der Waals surface area contributed by atoms with E-state index >= 15 is 0 Å². The summed E-state index contributed by atoms with van der Waals surface area (Å²) in [7, 11) is 1.31. The summed E-state index contributed by atoms with van der Waals surface area (Å²) in [6, 6.07) is 0. The summed E-state index contributed by atoms with van der Waals surface area (Å²) >= 11 is 0. The Balaban J connectivity index is 1.23. The zero-order valence-corrected chi connectivity index (χ0v) is 41.1. The molecule has 0 amide bonds. The predicted molar refractivity (Wildman–Crippen MR) is 263 cm³/mol. The molecule has 10 heteroatoms. The molecule has 65 heavy (non-hydrogen) atoms. The number of H-pyrrole nitrogens is 3. The predicted octanol–water partition coefficient (Wildman–Crippen LogP) is 11.0. The Morgan fingerprint density at radius 1 is 0.831 bits per heavy atom. The van der Waals surface area contributed by atoms with Crippen LogP contribution in [0.15, 0.2) is 29.3 Å². The third-order valence-electron chi connectivity index (χ3n) is 14.6. The number of carbonyl (C=O) groups is 3. The largest absolute Gasteiger partial charge is 0.516 e. The van der Waals surface area contributed by atoms with Crippen LogP contribution >= 0.6 is 0 Å². The molecule has 1 fully saturated rings. The summed E-state index contributed by atoms with van der Waals surface area (Å²) in [4.78, 5) is 52.3. The molecular weight excluding hydrogens is 813 g/mol. The number of allylic oxidation sites excluding steroid dienone is 3. The van der Waals surface area contributed by atoms with Crippen LogP contribution in [0.25, 0.3) is 29.9 Å². The minimum Gasteiger partial charge on any atom is -0.516 e. The number of methoxy groups -OCH3 is 1. The van der Waals surface area contributed by atoms with Gasteiger partial charge in [-0.15, -0.1) is 0 Å². The molecule has 0 unspecified atom stereocenters. The van der Waals surface area contributed by atoms with Crippen LogP contribution in [0.4, 0.5) is 0 Å². The van der Waals surface area contributed by atoms with E-state index in [1.165, 1.54) is 57.6 Å². The number of rotatable bonds is 20. The number of fused-ring (bicyclic) bond motifs is 7. The fourth-order valence-electron chi connectivity index (χ4n) is 10.5. The van der Waals surface area contributed by atoms with Crippen LogP contribution in [0.2, 0.25) is 0 Å². The van der Waals surface area contributed by atoms with Crippen LogP contribution in [-0.2, 0) is 25.5 Å². The molecule has 10 nitrogen and oxygen atoms in total. The van der Waals surface area contributed by atoms with Crippen molar-refractivity contribution in [3.05, 3.63) is 96.2 Å². The van der Waals surface area contributed by atoms with Crippen LogP contribution in [0, 0.1) is 56.3 Å². The van der Waals surface area contributed by atoms with Crippen molar-refractivity contribution in [1.29, 1.82) is 0 Å². The van der Waals surface area contributed by atoms with Crippen molar-refractivity contribution in [2.24, 2.45) is 35.5 Å². The highest BCUT2D eigenvalue weighted by Crippen LogP contribution is 2.48. The van der Waals surface area contributed by atoms with Gasteiger partial charge >= 0.3 is 11.9 Å². The van der Waals surface area contributed by atoms with Gasteiger partial charge in [-0.1, -0.05) is 92.1 Å². The molecule has 6 rings (SSSR count). The smallest absolute Gasteiger partial charge is 0.321 e. The number of ether oxygens (including phenoxy) is 2. The van der Waals surface area contributed by atoms with Gasteiger partial charge in [0.15, 0.2) is 5.78 Å². The van der Waals surface area contributed by atoms with E-state index < -0.39 is 11.9 Å². The molecule has 3 aliphatic rings. The number of esters is 2. The van der Waals surface area contributed by atoms with Gasteiger partial charge in [0.2, 0.25) is 0 Å². The van der Waals surface area contributed by atoms with Crippen LogP contribution in [-0.4, -0.2) is 51.5 Å². The quantitative estimate of drug-likeness (QED) is 0.0328. The molecule has 3 aromatic rings. The maximum atomic E-state index is 14.4. The lowest BCUT2D eigenvalue weighted by Gasteiger charge is -2.19. The fraction of sp³-hybridized carbons (Fsp3) is 0.545. The number of aliphatic hydroxyl groups is 1. The highest BCUT2D eigenvalue weighted by molar-refractivity contribution is 6.24. The summed E-state index contributed by atoms with van der Waals surface area (Å²) in [5, 5.41) is 15.5. The Hall–Kier alpha value is -5.25. The maximum Gasteiger partial charge on any atom is 0.321 e. The van der Waals surface area contributed by atoms with E-state index in [4.69, 9.17) is 9.47 Å². The number of Topliss-reactive ketones (excluding diaryl/α,β-unsaturated/α-hetero) is 1. The van der Waals surface area contributed by atoms with E-state index in [0.717, 1.165) is 104 Å². The summed E-state index contributed by atoms with van der Waals surface area (Å²) in [5.74, 6) is -0.449. The van der Waals surface area contributed by atoms with E-state index in [1.54, 1.807) is 6.08 Å². The van der Waals surface area contributed by atoms with Crippen molar-refractivity contribution in [3.63, 3.8) is 0 Å². The molecule has 1 saturated heterocycles. The maximum absolute atomic E-state index is 14.4. The molecule has 0 saturated carbocycles. The number of carbonyl (C=O) groups excluding carboxylic acids is 3. The van der Waals surface area contributed by atoms with E-state index in [9.17, 15) is 19.5 Å². The molecule has 1 aliphatic carbocycles. The Morgan fingerprint density at radius 3 is 2.15 bits per heavy atom. The van der Waals surface area contributed by atoms with Gasteiger partial charge in [0.25, 0.3) is 0 Å². The van der Waals surface area contributed by atoms with Gasteiger partial charge in [0.1, 0.15) is 12.5 Å². The van der Waals surface area contributed by atoms with E-state index in [2.05, 4.69) is 87.8 Å². The van der Waals surface area contributed by atoms with Crippen molar-refractivity contribution in [2.75, 3.05) is 13.7 Å². The molecule has 8 bridgehead atoms. The van der Waals surface area contributed by atoms with Gasteiger partial charge in [0.05, 0.1) is 19.1 Å². The second-order valence-electron chi connectivity index (χ2n) is 19.8. The molecule has 0 radical (unpaired) electrons. The Kier molecular flexibility index (Phi) is 16.5. The van der Waals surface area contributed by atoms with Crippen LogP contribution in [0.5, 0.6) is 0 Å². The normalized spacial score (nSPS) is 22.0. The van der Waals surface area contributed by atoms with Crippen molar-refractivity contribution >= 4 is 47.6 Å². The first-order chi connectivity index (χ1) is 31.1. The highest BCUT2D eigenvalue weighted by atomic mass is 16.5. The standard InChI is InChI=1S/C55H76N4O6/c1-12-39-35(7)43-29-47-40(24-26-60)36(8)42(57-47)28-44-37(9)41(52(58-44)50-51(55(63)64-11)54(62)49-38(10)45(59-53(49)50)30-46(39)56-43)22-23-48(61)65-27-25-34(6)21-15-20-33(5)19-14-18-32(4)17-13-16-31(2)3/h24-26,28-33,37,41,51,56-60H,12-23,27H2,1-11H3/b26-24-,34-25-,43-29-,44-28-,46-30-,52-50-/t32-,33-,37+,41+,51-/m1/s1. The summed E-state index contributed by atoms with van der Waals surface area (Å²) in [6.45, 7) is 22.0. The number of ketones is 1. The molecule has 5 N–H and O–H groups in total. The molecule has 0 aromatic carbocycles. The minimum atomic E-state index is -1.17. The van der Waals surface area contributed by atoms with Gasteiger partial charge in [0, 0.05) is 74.1 Å². The van der Waals surface area contributed by atoms with Crippen molar-refractivity contribution in [3.8, 4) is 0 Å². The average molecular weight is 889 g/mol. The number of hydrogen-bond acceptors (Lipinski definition) is 7. The Labute approximate surface area is 387 Å². The third-order valence-corrected chi connectivity index (χ3v) is 14.6. The number of nitrogens with one attached hydrogen (secondary N) is 4. The van der Waals surface area contributed by atoms with Crippen molar-refractivity contribution in [2.45, 2.75) is 146 Å². The summed E-state index contributed by atoms with van der Waals surface area (Å²) < 4.78 is 11.1. The highest BCUT2D eigenvalue weighted by Gasteiger charge is 2.48. The van der Waals surface area contributed by atoms with Gasteiger partial charge in [-0.05, 0) is 124 Å². The monoisotopic (exact) mass is 889 g/mol. The van der Waals surface area contributed by atoms with Crippen LogP contribution in [0.1, 0.15) is 180 Å². The minimum absolute atomic E-state index is 0.130. The fourth-order valence-corrected chi connectivity index (χ4v) is 10.5. The van der Waals surface area contributed by atoms with Gasteiger partial charge in [-0.25, -0.2) is 0 Å². The molecular formula is C55H76N4O6. The van der Waals surface area contributed by atoms with Crippen LogP contribution in [0.3, 0.4) is 0 Å². The first-order valence-electron chi connectivity index (χ1n) is 24.4. The third kappa shape index (κ3) is 11.1. The lowest BCUT2D eigenvalue weighted by molar-refractivity contribution is -0.143. The van der Waals surface area contributed by atoms with Crippen molar-refractivity contribution < 1.29 is 29.0 Å². The molecule has 352 valence electrons. The number of aromatic amines is 3.